The van der Waals surface area contributed by atoms with Crippen molar-refractivity contribution in [3.63, 3.8) is 0 Å². The molecule has 1 amide bonds. The second-order valence-corrected chi connectivity index (χ2v) is 8.48. The molecule has 26 heavy (non-hydrogen) atoms. The van der Waals surface area contributed by atoms with E-state index in [9.17, 15) is 13.2 Å². The Bertz CT molecular complexity index is 897. The van der Waals surface area contributed by atoms with Crippen LogP contribution in [-0.2, 0) is 21.1 Å². The molecule has 0 aromatic heterocycles. The number of carbonyl (C=O) groups is 1. The number of primary amides is 1. The van der Waals surface area contributed by atoms with Gasteiger partial charge in [0.15, 0.2) is 0 Å². The molecule has 2 N–H and O–H groups in total. The zero-order chi connectivity index (χ0) is 18.7. The molecule has 1 aliphatic rings. The highest BCUT2D eigenvalue weighted by molar-refractivity contribution is 7.91. The Balaban J connectivity index is 1.81. The average Bonchev–Trinajstić information content (AvgIpc) is 2.61. The summed E-state index contributed by atoms with van der Waals surface area (Å²) in [6, 6.07) is 13.4. The van der Waals surface area contributed by atoms with Gasteiger partial charge in [-0.1, -0.05) is 24.3 Å². The minimum absolute atomic E-state index is 0.110. The van der Waals surface area contributed by atoms with Crippen LogP contribution >= 0.6 is 0 Å². The highest BCUT2D eigenvalue weighted by Gasteiger charge is 2.25. The van der Waals surface area contributed by atoms with E-state index in [0.29, 0.717) is 12.3 Å². The number of aryl methyl sites for hydroxylation is 1. The van der Waals surface area contributed by atoms with Crippen molar-refractivity contribution >= 4 is 15.7 Å². The molecule has 138 valence electrons. The van der Waals surface area contributed by atoms with Crippen molar-refractivity contribution in [2.45, 2.75) is 28.7 Å². The molecule has 6 nitrogen and oxygen atoms in total. The van der Waals surface area contributed by atoms with E-state index in [2.05, 4.69) is 0 Å². The van der Waals surface area contributed by atoms with Crippen molar-refractivity contribution in [1.82, 2.24) is 4.90 Å². The van der Waals surface area contributed by atoms with E-state index in [1.54, 1.807) is 49.5 Å². The molecule has 3 rings (SSSR count). The molecule has 0 radical (unpaired) electrons. The molecular formula is C19H22N2O4S. The molecule has 1 atom stereocenters. The van der Waals surface area contributed by atoms with Gasteiger partial charge in [-0.25, -0.2) is 8.42 Å². The van der Waals surface area contributed by atoms with E-state index in [4.69, 9.17) is 10.5 Å². The summed E-state index contributed by atoms with van der Waals surface area (Å²) in [6.07, 6.45) is 1.50. The lowest BCUT2D eigenvalue weighted by Gasteiger charge is -2.29. The highest BCUT2D eigenvalue weighted by atomic mass is 32.2. The summed E-state index contributed by atoms with van der Waals surface area (Å²) in [6.45, 7) is 0.715. The number of nitrogens with zero attached hydrogens (tertiary/aromatic N) is 1. The predicted octanol–water partition coefficient (Wildman–Crippen LogP) is 1.63. The van der Waals surface area contributed by atoms with Crippen LogP contribution < -0.4 is 10.5 Å². The average molecular weight is 374 g/mol. The number of sulfone groups is 1. The zero-order valence-corrected chi connectivity index (χ0v) is 15.4. The fourth-order valence-electron chi connectivity index (χ4n) is 3.12. The van der Waals surface area contributed by atoms with Gasteiger partial charge < -0.3 is 10.5 Å². The highest BCUT2D eigenvalue weighted by Crippen LogP contribution is 2.32. The number of fused-ring (bicyclic) bond motifs is 1. The maximum Gasteiger partial charge on any atom is 0.231 e. The van der Waals surface area contributed by atoms with Gasteiger partial charge in [-0.2, -0.15) is 0 Å². The summed E-state index contributed by atoms with van der Waals surface area (Å²) in [7, 11) is -1.78. The van der Waals surface area contributed by atoms with Gasteiger partial charge in [0.05, 0.1) is 16.3 Å². The third-order valence-electron chi connectivity index (χ3n) is 4.37. The normalized spacial score (nSPS) is 16.8. The number of hydrogen-bond donors (Lipinski definition) is 1. The number of benzene rings is 2. The van der Waals surface area contributed by atoms with E-state index in [-0.39, 0.29) is 28.3 Å². The Labute approximate surface area is 153 Å². The lowest BCUT2D eigenvalue weighted by molar-refractivity contribution is -0.119. The molecule has 1 unspecified atom stereocenters. The maximum atomic E-state index is 12.8. The third kappa shape index (κ3) is 4.05. The summed E-state index contributed by atoms with van der Waals surface area (Å²) in [5, 5.41) is 0. The number of likely N-dealkylation sites (N-methyl/N-ethyl adjacent to an activating group) is 1. The fourth-order valence-corrected chi connectivity index (χ4v) is 4.41. The van der Waals surface area contributed by atoms with Crippen LogP contribution in [0.3, 0.4) is 0 Å². The lowest BCUT2D eigenvalue weighted by atomic mass is 10.0. The second-order valence-electron chi connectivity index (χ2n) is 6.53. The van der Waals surface area contributed by atoms with Gasteiger partial charge in [0.1, 0.15) is 11.9 Å². The fraction of sp³-hybridized carbons (Fsp3) is 0.316. The predicted molar refractivity (Wildman–Crippen MR) is 97.8 cm³/mol. The molecule has 0 saturated heterocycles. The molecule has 0 fully saturated rings. The number of rotatable bonds is 6. The Morgan fingerprint density at radius 2 is 1.92 bits per heavy atom. The van der Waals surface area contributed by atoms with Crippen molar-refractivity contribution in [3.8, 4) is 5.75 Å². The van der Waals surface area contributed by atoms with E-state index in [1.165, 1.54) is 0 Å². The smallest absolute Gasteiger partial charge is 0.231 e. The Morgan fingerprint density at radius 3 is 2.62 bits per heavy atom. The summed E-state index contributed by atoms with van der Waals surface area (Å²) in [5.74, 6) is 0.200. The van der Waals surface area contributed by atoms with Gasteiger partial charge >= 0.3 is 0 Å². The number of amides is 1. The number of carbonyl (C=O) groups excluding carboxylic acids is 1. The van der Waals surface area contributed by atoms with Gasteiger partial charge in [-0.15, -0.1) is 0 Å². The number of ether oxygens (including phenoxy) is 1. The summed E-state index contributed by atoms with van der Waals surface area (Å²) >= 11 is 0. The van der Waals surface area contributed by atoms with Crippen molar-refractivity contribution in [2.75, 3.05) is 20.1 Å². The standard InChI is InChI=1S/C19H22N2O4S/c1-21(13-19(20)22)12-15-9-7-14-8-10-17(11-18(14)25-15)26(23,24)16-5-3-2-4-6-16/h2-6,8,10-11,15H,7,9,12-13H2,1H3,(H2,20,22). The summed E-state index contributed by atoms with van der Waals surface area (Å²) < 4.78 is 31.6. The molecule has 1 aliphatic heterocycles. The first-order valence-electron chi connectivity index (χ1n) is 8.43. The van der Waals surface area contributed by atoms with Crippen molar-refractivity contribution in [1.29, 1.82) is 0 Å². The molecular weight excluding hydrogens is 352 g/mol. The van der Waals surface area contributed by atoms with Crippen LogP contribution in [-0.4, -0.2) is 45.5 Å². The first-order valence-corrected chi connectivity index (χ1v) is 9.91. The summed E-state index contributed by atoms with van der Waals surface area (Å²) in [4.78, 5) is 13.3. The topological polar surface area (TPSA) is 89.7 Å². The van der Waals surface area contributed by atoms with Gasteiger partial charge in [0.25, 0.3) is 0 Å². The van der Waals surface area contributed by atoms with Crippen molar-refractivity contribution in [2.24, 2.45) is 5.73 Å². The van der Waals surface area contributed by atoms with Crippen molar-refractivity contribution in [3.05, 3.63) is 54.1 Å². The van der Waals surface area contributed by atoms with Crippen LogP contribution in [0.2, 0.25) is 0 Å². The quantitative estimate of drug-likeness (QED) is 0.830. The van der Waals surface area contributed by atoms with Gasteiger partial charge in [-0.05, 0) is 49.7 Å². The van der Waals surface area contributed by atoms with E-state index < -0.39 is 9.84 Å². The van der Waals surface area contributed by atoms with Crippen LogP contribution in [0.5, 0.6) is 5.75 Å². The first kappa shape index (κ1) is 18.4. The largest absolute Gasteiger partial charge is 0.489 e. The van der Waals surface area contributed by atoms with Crippen LogP contribution in [0.4, 0.5) is 0 Å². The third-order valence-corrected chi connectivity index (χ3v) is 6.14. The van der Waals surface area contributed by atoms with Crippen LogP contribution in [0, 0.1) is 0 Å². The Hall–Kier alpha value is -2.38. The molecule has 0 spiro atoms. The molecule has 2 aromatic carbocycles. The first-order chi connectivity index (χ1) is 12.4. The van der Waals surface area contributed by atoms with E-state index in [0.717, 1.165) is 18.4 Å². The van der Waals surface area contributed by atoms with Crippen LogP contribution in [0.15, 0.2) is 58.3 Å². The SMILES string of the molecule is CN(CC(N)=O)CC1CCc2ccc(S(=O)(=O)c3ccccc3)cc2O1. The zero-order valence-electron chi connectivity index (χ0n) is 14.6. The van der Waals surface area contributed by atoms with E-state index in [1.807, 2.05) is 11.0 Å². The minimum Gasteiger partial charge on any atom is -0.489 e. The number of nitrogens with two attached hydrogens (primary N) is 1. The summed E-state index contributed by atoms with van der Waals surface area (Å²) in [5.41, 5.74) is 6.20. The van der Waals surface area contributed by atoms with E-state index >= 15 is 0 Å². The molecule has 0 bridgehead atoms. The molecule has 2 aromatic rings. The van der Waals surface area contributed by atoms with Gasteiger partial charge in [0.2, 0.25) is 15.7 Å². The lowest BCUT2D eigenvalue weighted by Crippen LogP contribution is -2.39. The minimum atomic E-state index is -3.58. The molecule has 7 heteroatoms. The molecule has 1 heterocycles. The van der Waals surface area contributed by atoms with Gasteiger partial charge in [-0.3, -0.25) is 9.69 Å². The second kappa shape index (κ2) is 7.47. The number of hydrogen-bond acceptors (Lipinski definition) is 5. The molecule has 0 saturated carbocycles. The Morgan fingerprint density at radius 1 is 1.19 bits per heavy atom. The maximum absolute atomic E-state index is 12.8. The van der Waals surface area contributed by atoms with Gasteiger partial charge in [0, 0.05) is 6.54 Å². The Kier molecular flexibility index (Phi) is 5.29. The van der Waals surface area contributed by atoms with Crippen LogP contribution in [0.25, 0.3) is 0 Å². The molecule has 0 aliphatic carbocycles. The van der Waals surface area contributed by atoms with Crippen LogP contribution in [0.1, 0.15) is 12.0 Å². The monoisotopic (exact) mass is 374 g/mol. The van der Waals surface area contributed by atoms with Crippen molar-refractivity contribution < 1.29 is 17.9 Å².